The number of nitrogens with zero attached hydrogens (tertiary/aromatic N) is 1. The minimum Gasteiger partial charge on any atom is -0.481 e. The van der Waals surface area contributed by atoms with Crippen molar-refractivity contribution >= 4 is 11.8 Å². The maximum absolute atomic E-state index is 14.2. The van der Waals surface area contributed by atoms with Gasteiger partial charge in [0, 0.05) is 18.0 Å². The molecule has 5 nitrogen and oxygen atoms in total. The fourth-order valence-electron chi connectivity index (χ4n) is 4.22. The Balaban J connectivity index is 2.03. The summed E-state index contributed by atoms with van der Waals surface area (Å²) in [7, 11) is 0. The zero-order valence-corrected chi connectivity index (χ0v) is 20.4. The molecular formula is C27H35FN2O3. The first-order valence-corrected chi connectivity index (χ1v) is 11.7. The standard InChI is InChI=1S/C27H35FN2O3/c1-7-23(25(31)29-17(2)3)33-21-12-11-18-13-14-30(26(32)27(4,5)6)24(22(18)16-21)19-9-8-10-20(28)15-19/h8-12,15-17,23-24H,7,13-14H2,1-6H3,(H,29,31)/t23-,24-/m0/s1. The van der Waals surface area contributed by atoms with Crippen LogP contribution in [0.25, 0.3) is 0 Å². The monoisotopic (exact) mass is 454 g/mol. The predicted molar refractivity (Wildman–Crippen MR) is 128 cm³/mol. The molecule has 0 bridgehead atoms. The van der Waals surface area contributed by atoms with Gasteiger partial charge in [-0.15, -0.1) is 0 Å². The molecule has 6 heteroatoms. The molecule has 0 fully saturated rings. The number of halogens is 1. The number of nitrogens with one attached hydrogen (secondary N) is 1. The quantitative estimate of drug-likeness (QED) is 0.666. The van der Waals surface area contributed by atoms with Crippen molar-refractivity contribution < 1.29 is 18.7 Å². The van der Waals surface area contributed by atoms with Gasteiger partial charge in [-0.25, -0.2) is 4.39 Å². The number of carbonyl (C=O) groups is 2. The van der Waals surface area contributed by atoms with E-state index in [1.807, 2.05) is 70.7 Å². The first-order valence-electron chi connectivity index (χ1n) is 11.7. The van der Waals surface area contributed by atoms with Crippen molar-refractivity contribution in [3.05, 3.63) is 65.0 Å². The van der Waals surface area contributed by atoms with Crippen LogP contribution in [0.15, 0.2) is 42.5 Å². The van der Waals surface area contributed by atoms with Gasteiger partial charge < -0.3 is 15.0 Å². The van der Waals surface area contributed by atoms with E-state index in [2.05, 4.69) is 5.32 Å². The van der Waals surface area contributed by atoms with Gasteiger partial charge in [0.15, 0.2) is 6.10 Å². The van der Waals surface area contributed by atoms with E-state index in [1.54, 1.807) is 6.07 Å². The Hall–Kier alpha value is -2.89. The van der Waals surface area contributed by atoms with Gasteiger partial charge in [-0.2, -0.15) is 0 Å². The lowest BCUT2D eigenvalue weighted by Crippen LogP contribution is -2.45. The predicted octanol–water partition coefficient (Wildman–Crippen LogP) is 5.03. The maximum Gasteiger partial charge on any atom is 0.261 e. The molecule has 0 radical (unpaired) electrons. The van der Waals surface area contributed by atoms with E-state index in [-0.39, 0.29) is 23.7 Å². The van der Waals surface area contributed by atoms with Crippen molar-refractivity contribution in [2.75, 3.05) is 6.54 Å². The summed E-state index contributed by atoms with van der Waals surface area (Å²) in [5.41, 5.74) is 2.14. The van der Waals surface area contributed by atoms with E-state index in [9.17, 15) is 14.0 Å². The molecule has 0 spiro atoms. The maximum atomic E-state index is 14.2. The van der Waals surface area contributed by atoms with Crippen LogP contribution < -0.4 is 10.1 Å². The topological polar surface area (TPSA) is 58.6 Å². The summed E-state index contributed by atoms with van der Waals surface area (Å²) in [5, 5.41) is 2.90. The van der Waals surface area contributed by atoms with Crippen molar-refractivity contribution in [1.82, 2.24) is 10.2 Å². The second kappa shape index (κ2) is 9.94. The molecule has 33 heavy (non-hydrogen) atoms. The van der Waals surface area contributed by atoms with Crippen LogP contribution in [0.1, 0.15) is 70.7 Å². The zero-order valence-electron chi connectivity index (χ0n) is 20.4. The summed E-state index contributed by atoms with van der Waals surface area (Å²) in [6.45, 7) is 12.0. The third-order valence-electron chi connectivity index (χ3n) is 5.79. The molecule has 3 rings (SSSR count). The number of amides is 2. The minimum absolute atomic E-state index is 0.0106. The molecule has 2 aromatic rings. The lowest BCUT2D eigenvalue weighted by Gasteiger charge is -2.41. The number of ether oxygens (including phenoxy) is 1. The van der Waals surface area contributed by atoms with Gasteiger partial charge in [-0.05, 0) is 67.6 Å². The van der Waals surface area contributed by atoms with Crippen LogP contribution in [0.4, 0.5) is 4.39 Å². The first kappa shape index (κ1) is 24.7. The Morgan fingerprint density at radius 1 is 1.18 bits per heavy atom. The number of benzene rings is 2. The van der Waals surface area contributed by atoms with Crippen molar-refractivity contribution in [2.24, 2.45) is 5.41 Å². The molecule has 0 aromatic heterocycles. The molecule has 178 valence electrons. The van der Waals surface area contributed by atoms with Crippen LogP contribution in [-0.2, 0) is 16.0 Å². The third kappa shape index (κ3) is 5.73. The Bertz CT molecular complexity index is 1010. The summed E-state index contributed by atoms with van der Waals surface area (Å²) in [6.07, 6.45) is 0.611. The highest BCUT2D eigenvalue weighted by Gasteiger charge is 2.37. The molecule has 2 amide bonds. The summed E-state index contributed by atoms with van der Waals surface area (Å²) in [4.78, 5) is 27.7. The van der Waals surface area contributed by atoms with Gasteiger partial charge in [-0.1, -0.05) is 45.9 Å². The molecule has 0 aliphatic carbocycles. The molecule has 1 N–H and O–H groups in total. The van der Waals surface area contributed by atoms with E-state index < -0.39 is 17.6 Å². The number of carbonyl (C=O) groups excluding carboxylic acids is 2. The average molecular weight is 455 g/mol. The summed E-state index contributed by atoms with van der Waals surface area (Å²) >= 11 is 0. The first-order chi connectivity index (χ1) is 15.5. The molecule has 1 heterocycles. The van der Waals surface area contributed by atoms with Crippen molar-refractivity contribution in [3.63, 3.8) is 0 Å². The van der Waals surface area contributed by atoms with Gasteiger partial charge >= 0.3 is 0 Å². The van der Waals surface area contributed by atoms with E-state index >= 15 is 0 Å². The number of hydrogen-bond donors (Lipinski definition) is 1. The highest BCUT2D eigenvalue weighted by atomic mass is 19.1. The molecule has 0 unspecified atom stereocenters. The Labute approximate surface area is 196 Å². The molecule has 2 atom stereocenters. The molecule has 0 saturated carbocycles. The molecule has 1 aliphatic heterocycles. The van der Waals surface area contributed by atoms with E-state index in [0.717, 1.165) is 16.7 Å². The van der Waals surface area contributed by atoms with Gasteiger partial charge in [0.2, 0.25) is 5.91 Å². The molecular weight excluding hydrogens is 419 g/mol. The van der Waals surface area contributed by atoms with Crippen molar-refractivity contribution in [1.29, 1.82) is 0 Å². The summed E-state index contributed by atoms with van der Waals surface area (Å²) < 4.78 is 20.3. The number of fused-ring (bicyclic) bond motifs is 1. The normalized spacial score (nSPS) is 16.8. The highest BCUT2D eigenvalue weighted by Crippen LogP contribution is 2.39. The van der Waals surface area contributed by atoms with Crippen LogP contribution in [-0.4, -0.2) is 35.4 Å². The van der Waals surface area contributed by atoms with Crippen LogP contribution >= 0.6 is 0 Å². The SMILES string of the molecule is CC[C@H](Oc1ccc2c(c1)[C@H](c1cccc(F)c1)N(C(=O)C(C)(C)C)CC2)C(=O)NC(C)C. The average Bonchev–Trinajstić information content (AvgIpc) is 2.74. The Kier molecular flexibility index (Phi) is 7.45. The fourth-order valence-corrected chi connectivity index (χ4v) is 4.22. The van der Waals surface area contributed by atoms with Crippen LogP contribution in [0.2, 0.25) is 0 Å². The second-order valence-corrected chi connectivity index (χ2v) is 9.99. The molecule has 0 saturated heterocycles. The largest absolute Gasteiger partial charge is 0.481 e. The third-order valence-corrected chi connectivity index (χ3v) is 5.79. The van der Waals surface area contributed by atoms with Crippen molar-refractivity contribution in [2.45, 2.75) is 72.6 Å². The number of rotatable bonds is 6. The highest BCUT2D eigenvalue weighted by molar-refractivity contribution is 5.83. The van der Waals surface area contributed by atoms with Crippen LogP contribution in [0, 0.1) is 11.2 Å². The van der Waals surface area contributed by atoms with Crippen LogP contribution in [0.5, 0.6) is 5.75 Å². The van der Waals surface area contributed by atoms with Crippen molar-refractivity contribution in [3.8, 4) is 5.75 Å². The van der Waals surface area contributed by atoms with Gasteiger partial charge in [0.05, 0.1) is 6.04 Å². The second-order valence-electron chi connectivity index (χ2n) is 9.99. The van der Waals surface area contributed by atoms with E-state index in [1.165, 1.54) is 12.1 Å². The Morgan fingerprint density at radius 2 is 1.91 bits per heavy atom. The van der Waals surface area contributed by atoms with Crippen LogP contribution in [0.3, 0.4) is 0 Å². The number of hydrogen-bond acceptors (Lipinski definition) is 3. The molecule has 2 aromatic carbocycles. The van der Waals surface area contributed by atoms with Gasteiger partial charge in [0.1, 0.15) is 11.6 Å². The minimum atomic E-state index is -0.617. The van der Waals surface area contributed by atoms with E-state index in [0.29, 0.717) is 25.1 Å². The van der Waals surface area contributed by atoms with Gasteiger partial charge in [-0.3, -0.25) is 9.59 Å². The fraction of sp³-hybridized carbons (Fsp3) is 0.481. The molecule has 1 aliphatic rings. The Morgan fingerprint density at radius 3 is 2.52 bits per heavy atom. The summed E-state index contributed by atoms with van der Waals surface area (Å²) in [5.74, 6) is 0.0745. The smallest absolute Gasteiger partial charge is 0.261 e. The van der Waals surface area contributed by atoms with E-state index in [4.69, 9.17) is 4.74 Å². The lowest BCUT2D eigenvalue weighted by molar-refractivity contribution is -0.141. The zero-order chi connectivity index (χ0) is 24.3. The van der Waals surface area contributed by atoms with Gasteiger partial charge in [0.25, 0.3) is 5.91 Å². The summed E-state index contributed by atoms with van der Waals surface area (Å²) in [6, 6.07) is 11.8. The lowest BCUT2D eigenvalue weighted by atomic mass is 9.85.